The zero-order chi connectivity index (χ0) is 21.7. The van der Waals surface area contributed by atoms with Gasteiger partial charge in [0.1, 0.15) is 0 Å². The molecular weight excluding hydrogens is 474 g/mol. The van der Waals surface area contributed by atoms with Crippen LogP contribution in [0.25, 0.3) is 6.08 Å². The monoisotopic (exact) mass is 497 g/mol. The van der Waals surface area contributed by atoms with Crippen LogP contribution in [-0.2, 0) is 9.59 Å². The summed E-state index contributed by atoms with van der Waals surface area (Å²) in [7, 11) is 0. The highest BCUT2D eigenvalue weighted by molar-refractivity contribution is 9.10. The van der Waals surface area contributed by atoms with Crippen LogP contribution in [-0.4, -0.2) is 46.9 Å². The van der Waals surface area contributed by atoms with Gasteiger partial charge in [0.2, 0.25) is 0 Å². The summed E-state index contributed by atoms with van der Waals surface area (Å²) in [6.07, 6.45) is 7.30. The van der Waals surface area contributed by atoms with Gasteiger partial charge in [0, 0.05) is 11.0 Å². The number of carboxylic acids is 1. The average Bonchev–Trinajstić information content (AvgIpc) is 2.97. The predicted octanol–water partition coefficient (Wildman–Crippen LogP) is 4.93. The standard InChI is InChI=1S/C21H24BrNO6S/c1-2-28-16-8-14(15(22)10-17(16)29-12-19(24)25)9-18-20(26)23(21(27)30-18)11-13-6-4-3-5-7-13/h8-10,13H,2-7,11-12H2,1H3,(H,24,25)/b18-9+. The van der Waals surface area contributed by atoms with Crippen molar-refractivity contribution >= 4 is 50.9 Å². The van der Waals surface area contributed by atoms with E-state index >= 15 is 0 Å². The normalized spacial score (nSPS) is 18.9. The second-order valence-electron chi connectivity index (χ2n) is 7.23. The first-order valence-corrected chi connectivity index (χ1v) is 11.6. The first kappa shape index (κ1) is 22.7. The van der Waals surface area contributed by atoms with E-state index in [0.717, 1.165) is 37.4 Å². The fourth-order valence-electron chi connectivity index (χ4n) is 3.61. The van der Waals surface area contributed by atoms with Crippen molar-refractivity contribution in [2.45, 2.75) is 39.0 Å². The van der Waals surface area contributed by atoms with Crippen LogP contribution >= 0.6 is 27.7 Å². The highest BCUT2D eigenvalue weighted by Crippen LogP contribution is 2.39. The highest BCUT2D eigenvalue weighted by Gasteiger charge is 2.36. The number of thioether (sulfide) groups is 1. The predicted molar refractivity (Wildman–Crippen MR) is 118 cm³/mol. The zero-order valence-corrected chi connectivity index (χ0v) is 19.1. The zero-order valence-electron chi connectivity index (χ0n) is 16.7. The summed E-state index contributed by atoms with van der Waals surface area (Å²) in [5.74, 6) is -0.326. The van der Waals surface area contributed by atoms with Crippen molar-refractivity contribution in [3.8, 4) is 11.5 Å². The number of carbonyl (C=O) groups excluding carboxylic acids is 2. The molecule has 9 heteroatoms. The molecule has 1 saturated heterocycles. The molecular formula is C21H24BrNO6S. The van der Waals surface area contributed by atoms with E-state index in [4.69, 9.17) is 14.6 Å². The van der Waals surface area contributed by atoms with Crippen molar-refractivity contribution in [2.75, 3.05) is 19.8 Å². The van der Waals surface area contributed by atoms with Crippen LogP contribution in [0.15, 0.2) is 21.5 Å². The molecule has 0 aromatic heterocycles. The van der Waals surface area contributed by atoms with Gasteiger partial charge in [0.25, 0.3) is 11.1 Å². The number of halogens is 1. The Labute approximate surface area is 187 Å². The Bertz CT molecular complexity index is 865. The number of nitrogens with zero attached hydrogens (tertiary/aromatic N) is 1. The van der Waals surface area contributed by atoms with Crippen LogP contribution in [0.1, 0.15) is 44.6 Å². The number of ether oxygens (including phenoxy) is 2. The molecule has 30 heavy (non-hydrogen) atoms. The van der Waals surface area contributed by atoms with E-state index in [1.807, 2.05) is 0 Å². The SMILES string of the molecule is CCOc1cc(/C=C2/SC(=O)N(CC3CCCCC3)C2=O)c(Br)cc1OCC(=O)O. The Morgan fingerprint density at radius 2 is 1.93 bits per heavy atom. The van der Waals surface area contributed by atoms with E-state index in [0.29, 0.717) is 39.8 Å². The van der Waals surface area contributed by atoms with E-state index < -0.39 is 12.6 Å². The lowest BCUT2D eigenvalue weighted by Gasteiger charge is -2.25. The molecule has 1 aliphatic heterocycles. The molecule has 0 unspecified atom stereocenters. The van der Waals surface area contributed by atoms with Gasteiger partial charge in [-0.25, -0.2) is 4.79 Å². The van der Waals surface area contributed by atoms with E-state index in [9.17, 15) is 14.4 Å². The quantitative estimate of drug-likeness (QED) is 0.508. The van der Waals surface area contributed by atoms with Gasteiger partial charge < -0.3 is 14.6 Å². The third-order valence-electron chi connectivity index (χ3n) is 5.04. The van der Waals surface area contributed by atoms with E-state index in [1.54, 1.807) is 25.1 Å². The largest absolute Gasteiger partial charge is 0.490 e. The molecule has 1 aliphatic carbocycles. The molecule has 1 N–H and O–H groups in total. The minimum atomic E-state index is -1.09. The summed E-state index contributed by atoms with van der Waals surface area (Å²) in [6.45, 7) is 2.16. The van der Waals surface area contributed by atoms with Gasteiger partial charge in [0.15, 0.2) is 18.1 Å². The Kier molecular flexibility index (Phi) is 7.82. The first-order chi connectivity index (χ1) is 14.4. The van der Waals surface area contributed by atoms with Gasteiger partial charge >= 0.3 is 5.97 Å². The van der Waals surface area contributed by atoms with Crippen molar-refractivity contribution in [3.05, 3.63) is 27.1 Å². The Balaban J connectivity index is 1.81. The maximum absolute atomic E-state index is 12.8. The van der Waals surface area contributed by atoms with E-state index in [1.165, 1.54) is 11.3 Å². The lowest BCUT2D eigenvalue weighted by atomic mass is 9.89. The number of hydrogen-bond donors (Lipinski definition) is 1. The molecule has 0 atom stereocenters. The summed E-state index contributed by atoms with van der Waals surface area (Å²) in [6, 6.07) is 3.27. The third-order valence-corrected chi connectivity index (χ3v) is 6.63. The maximum atomic E-state index is 12.8. The fraction of sp³-hybridized carbons (Fsp3) is 0.476. The summed E-state index contributed by atoms with van der Waals surface area (Å²) in [4.78, 5) is 37.8. The Morgan fingerprint density at radius 1 is 1.23 bits per heavy atom. The van der Waals surface area contributed by atoms with Crippen LogP contribution < -0.4 is 9.47 Å². The number of benzene rings is 1. The number of amides is 2. The van der Waals surface area contributed by atoms with Crippen molar-refractivity contribution in [1.82, 2.24) is 4.90 Å². The number of imide groups is 1. The van der Waals surface area contributed by atoms with Crippen LogP contribution in [0.3, 0.4) is 0 Å². The van der Waals surface area contributed by atoms with E-state index in [2.05, 4.69) is 15.9 Å². The summed E-state index contributed by atoms with van der Waals surface area (Å²) >= 11 is 4.37. The van der Waals surface area contributed by atoms with Gasteiger partial charge in [-0.3, -0.25) is 14.5 Å². The average molecular weight is 498 g/mol. The fourth-order valence-corrected chi connectivity index (χ4v) is 4.88. The van der Waals surface area contributed by atoms with Crippen LogP contribution in [0.5, 0.6) is 11.5 Å². The molecule has 3 rings (SSSR count). The molecule has 7 nitrogen and oxygen atoms in total. The molecule has 0 radical (unpaired) electrons. The maximum Gasteiger partial charge on any atom is 0.341 e. The molecule has 1 saturated carbocycles. The van der Waals surface area contributed by atoms with Gasteiger partial charge in [-0.15, -0.1) is 0 Å². The molecule has 1 aromatic rings. The molecule has 2 amide bonds. The lowest BCUT2D eigenvalue weighted by molar-refractivity contribution is -0.139. The molecule has 0 spiro atoms. The number of rotatable bonds is 8. The Morgan fingerprint density at radius 3 is 2.60 bits per heavy atom. The number of hydrogen-bond acceptors (Lipinski definition) is 6. The number of carboxylic acid groups (broad SMARTS) is 1. The Hall–Kier alpha value is -2.00. The van der Waals surface area contributed by atoms with Crippen LogP contribution in [0.4, 0.5) is 4.79 Å². The van der Waals surface area contributed by atoms with Gasteiger partial charge in [-0.1, -0.05) is 35.2 Å². The molecule has 1 heterocycles. The minimum Gasteiger partial charge on any atom is -0.490 e. The molecule has 0 bridgehead atoms. The third kappa shape index (κ3) is 5.57. The van der Waals surface area contributed by atoms with Gasteiger partial charge in [-0.05, 0) is 61.2 Å². The van der Waals surface area contributed by atoms with Gasteiger partial charge in [0.05, 0.1) is 11.5 Å². The van der Waals surface area contributed by atoms with E-state index in [-0.39, 0.29) is 16.9 Å². The summed E-state index contributed by atoms with van der Waals surface area (Å²) in [5, 5.41) is 8.61. The topological polar surface area (TPSA) is 93.1 Å². The molecule has 2 aliphatic rings. The van der Waals surface area contributed by atoms with Crippen LogP contribution in [0.2, 0.25) is 0 Å². The van der Waals surface area contributed by atoms with Crippen molar-refractivity contribution in [1.29, 1.82) is 0 Å². The highest BCUT2D eigenvalue weighted by atomic mass is 79.9. The second kappa shape index (κ2) is 10.3. The smallest absolute Gasteiger partial charge is 0.341 e. The summed E-state index contributed by atoms with van der Waals surface area (Å²) in [5.41, 5.74) is 0.643. The second-order valence-corrected chi connectivity index (χ2v) is 9.08. The van der Waals surface area contributed by atoms with Crippen molar-refractivity contribution in [3.63, 3.8) is 0 Å². The van der Waals surface area contributed by atoms with Gasteiger partial charge in [-0.2, -0.15) is 0 Å². The van der Waals surface area contributed by atoms with Crippen molar-refractivity contribution < 1.29 is 29.0 Å². The summed E-state index contributed by atoms with van der Waals surface area (Å²) < 4.78 is 11.5. The molecule has 1 aromatic carbocycles. The minimum absolute atomic E-state index is 0.237. The lowest BCUT2D eigenvalue weighted by Crippen LogP contribution is -2.34. The number of carbonyl (C=O) groups is 3. The van der Waals surface area contributed by atoms with Crippen LogP contribution in [0, 0.1) is 5.92 Å². The first-order valence-electron chi connectivity index (χ1n) is 9.95. The van der Waals surface area contributed by atoms with Crippen molar-refractivity contribution in [2.24, 2.45) is 5.92 Å². The number of aliphatic carboxylic acids is 1. The molecule has 162 valence electrons. The molecule has 2 fully saturated rings.